The molecule has 0 amide bonds. The molecule has 0 nitrogen and oxygen atoms in total. The van der Waals surface area contributed by atoms with Gasteiger partial charge in [0.25, 0.3) is 0 Å². The van der Waals surface area contributed by atoms with Gasteiger partial charge in [0.2, 0.25) is 0 Å². The molecule has 0 aliphatic rings. The minimum Gasteiger partial charge on any atom is -0.343 e. The van der Waals surface area contributed by atoms with Gasteiger partial charge in [0.1, 0.15) is 5.57 Å². The highest BCUT2D eigenvalue weighted by molar-refractivity contribution is 5.10. The summed E-state index contributed by atoms with van der Waals surface area (Å²) in [5.41, 5.74) is 0.892. The highest BCUT2D eigenvalue weighted by Gasteiger charge is 1.86. The van der Waals surface area contributed by atoms with Gasteiger partial charge in [0, 0.05) is 19.9 Å². The van der Waals surface area contributed by atoms with E-state index in [0.717, 1.165) is 18.4 Å². The van der Waals surface area contributed by atoms with Gasteiger partial charge >= 0.3 is 0 Å². The standard InChI is InChI=1S/C7H11/c1-4-5-6-7(2)3/h6H,1-5H2. The molecule has 7 heavy (non-hydrogen) atoms. The molecule has 0 unspecified atom stereocenters. The summed E-state index contributed by atoms with van der Waals surface area (Å²) in [4.78, 5) is 0. The molecule has 0 atom stereocenters. The van der Waals surface area contributed by atoms with Crippen LogP contribution in [0.25, 0.3) is 0 Å². The molecule has 0 bridgehead atoms. The summed E-state index contributed by atoms with van der Waals surface area (Å²) in [6.45, 7) is 10.9. The Kier molecular flexibility index (Phi) is 3.58. The van der Waals surface area contributed by atoms with E-state index >= 15 is 0 Å². The normalized spacial score (nSPS) is 8.71. The molecule has 0 heteroatoms. The summed E-state index contributed by atoms with van der Waals surface area (Å²) in [5, 5.41) is 0. The fourth-order valence-corrected chi connectivity index (χ4v) is 0.306. The zero-order valence-corrected chi connectivity index (χ0v) is 4.61. The van der Waals surface area contributed by atoms with Crippen molar-refractivity contribution in [1.82, 2.24) is 0 Å². The third-order valence-electron chi connectivity index (χ3n) is 0.637. The third-order valence-corrected chi connectivity index (χ3v) is 0.637. The summed E-state index contributed by atoms with van der Waals surface area (Å²) in [6.07, 6.45) is 3.92. The van der Waals surface area contributed by atoms with Crippen LogP contribution in [0.5, 0.6) is 0 Å². The SMILES string of the molecule is C=C([CH2+])[CH]CC[CH2-]. The molecule has 0 spiro atoms. The number of rotatable bonds is 3. The van der Waals surface area contributed by atoms with E-state index in [9.17, 15) is 0 Å². The topological polar surface area (TPSA) is 0 Å². The van der Waals surface area contributed by atoms with Crippen LogP contribution in [0.4, 0.5) is 0 Å². The van der Waals surface area contributed by atoms with Crippen molar-refractivity contribution in [2.45, 2.75) is 12.8 Å². The summed E-state index contributed by atoms with van der Waals surface area (Å²) in [6, 6.07) is 0. The fourth-order valence-electron chi connectivity index (χ4n) is 0.306. The first-order valence-electron chi connectivity index (χ1n) is 2.40. The minimum absolute atomic E-state index is 0.892. The summed E-state index contributed by atoms with van der Waals surface area (Å²) in [5.74, 6) is 0. The van der Waals surface area contributed by atoms with Crippen LogP contribution in [0.2, 0.25) is 0 Å². The second-order valence-corrected chi connectivity index (χ2v) is 1.50. The first-order valence-corrected chi connectivity index (χ1v) is 2.40. The zero-order valence-electron chi connectivity index (χ0n) is 4.61. The van der Waals surface area contributed by atoms with Crippen molar-refractivity contribution in [3.63, 3.8) is 0 Å². The molecule has 0 fully saturated rings. The average molecular weight is 95.2 g/mol. The van der Waals surface area contributed by atoms with Crippen LogP contribution in [0.1, 0.15) is 12.8 Å². The van der Waals surface area contributed by atoms with Crippen molar-refractivity contribution in [3.8, 4) is 0 Å². The lowest BCUT2D eigenvalue weighted by Gasteiger charge is -1.90. The Morgan fingerprint density at radius 2 is 2.43 bits per heavy atom. The van der Waals surface area contributed by atoms with Gasteiger partial charge in [0.15, 0.2) is 0 Å². The average Bonchev–Trinajstić information content (AvgIpc) is 1.61. The maximum Gasteiger partial charge on any atom is 0.100 e. The lowest BCUT2D eigenvalue weighted by Crippen LogP contribution is -1.73. The molecule has 0 aliphatic heterocycles. The predicted octanol–water partition coefficient (Wildman–Crippen LogP) is 2.20. The number of allylic oxidation sites excluding steroid dienone is 1. The Hall–Kier alpha value is -0.390. The van der Waals surface area contributed by atoms with E-state index in [2.05, 4.69) is 20.4 Å². The van der Waals surface area contributed by atoms with E-state index in [1.54, 1.807) is 0 Å². The second-order valence-electron chi connectivity index (χ2n) is 1.50. The number of hydrogen-bond donors (Lipinski definition) is 0. The Morgan fingerprint density at radius 1 is 1.86 bits per heavy atom. The zero-order chi connectivity index (χ0) is 5.70. The molecule has 0 aliphatic carbocycles. The first kappa shape index (κ1) is 6.61. The van der Waals surface area contributed by atoms with Gasteiger partial charge < -0.3 is 6.92 Å². The van der Waals surface area contributed by atoms with Crippen LogP contribution in [0.3, 0.4) is 0 Å². The van der Waals surface area contributed by atoms with Crippen LogP contribution in [0.15, 0.2) is 12.2 Å². The van der Waals surface area contributed by atoms with Crippen molar-refractivity contribution in [2.24, 2.45) is 0 Å². The van der Waals surface area contributed by atoms with E-state index in [4.69, 9.17) is 0 Å². The fraction of sp³-hybridized carbons (Fsp3) is 0.286. The van der Waals surface area contributed by atoms with Gasteiger partial charge in [-0.25, -0.2) is 0 Å². The van der Waals surface area contributed by atoms with Gasteiger partial charge in [-0.15, -0.1) is 0 Å². The van der Waals surface area contributed by atoms with Crippen molar-refractivity contribution >= 4 is 0 Å². The second kappa shape index (κ2) is 3.79. The van der Waals surface area contributed by atoms with Crippen molar-refractivity contribution in [2.75, 3.05) is 0 Å². The largest absolute Gasteiger partial charge is 0.343 e. The number of unbranched alkanes of at least 4 members (excludes halogenated alkanes) is 1. The molecule has 0 aromatic rings. The third kappa shape index (κ3) is 5.61. The molecule has 39 valence electrons. The molecule has 1 radical (unpaired) electrons. The van der Waals surface area contributed by atoms with Crippen LogP contribution in [-0.4, -0.2) is 0 Å². The maximum atomic E-state index is 3.66. The van der Waals surface area contributed by atoms with Crippen molar-refractivity contribution in [1.29, 1.82) is 0 Å². The Labute approximate surface area is 46.2 Å². The molecule has 0 N–H and O–H groups in total. The van der Waals surface area contributed by atoms with E-state index in [-0.39, 0.29) is 0 Å². The first-order chi connectivity index (χ1) is 3.27. The highest BCUT2D eigenvalue weighted by atomic mass is 13.9. The van der Waals surface area contributed by atoms with Crippen LogP contribution >= 0.6 is 0 Å². The van der Waals surface area contributed by atoms with Gasteiger partial charge in [-0.3, -0.25) is 0 Å². The van der Waals surface area contributed by atoms with Gasteiger partial charge in [-0.2, -0.15) is 6.42 Å². The summed E-state index contributed by atoms with van der Waals surface area (Å²) < 4.78 is 0. The lowest BCUT2D eigenvalue weighted by atomic mass is 10.2. The van der Waals surface area contributed by atoms with E-state index in [0.29, 0.717) is 0 Å². The molecule has 0 saturated carbocycles. The Morgan fingerprint density at radius 3 is 2.57 bits per heavy atom. The predicted molar refractivity (Wildman–Crippen MR) is 33.4 cm³/mol. The smallest absolute Gasteiger partial charge is 0.100 e. The molecular weight excluding hydrogens is 84.1 g/mol. The molecule has 0 heterocycles. The van der Waals surface area contributed by atoms with Crippen LogP contribution < -0.4 is 0 Å². The van der Waals surface area contributed by atoms with E-state index < -0.39 is 0 Å². The van der Waals surface area contributed by atoms with E-state index in [1.165, 1.54) is 0 Å². The maximum absolute atomic E-state index is 3.66. The summed E-state index contributed by atoms with van der Waals surface area (Å²) >= 11 is 0. The van der Waals surface area contributed by atoms with E-state index in [1.807, 2.05) is 6.42 Å². The van der Waals surface area contributed by atoms with Gasteiger partial charge in [0.05, 0.1) is 0 Å². The molecule has 0 saturated heterocycles. The Bertz CT molecular complexity index is 53.1. The number of hydrogen-bond acceptors (Lipinski definition) is 0. The molecule has 0 rings (SSSR count). The summed E-state index contributed by atoms with van der Waals surface area (Å²) in [7, 11) is 0. The quantitative estimate of drug-likeness (QED) is 0.471. The van der Waals surface area contributed by atoms with Gasteiger partial charge in [-0.1, -0.05) is 6.42 Å². The molecular formula is C7H11. The molecule has 0 aromatic carbocycles. The minimum atomic E-state index is 0.892. The van der Waals surface area contributed by atoms with Gasteiger partial charge in [-0.05, 0) is 0 Å². The van der Waals surface area contributed by atoms with Crippen molar-refractivity contribution in [3.05, 3.63) is 32.4 Å². The lowest BCUT2D eigenvalue weighted by molar-refractivity contribution is 0.989. The molecule has 0 aromatic heterocycles. The Balaban J connectivity index is 2.82. The van der Waals surface area contributed by atoms with Crippen LogP contribution in [-0.2, 0) is 0 Å². The highest BCUT2D eigenvalue weighted by Crippen LogP contribution is 1.99. The van der Waals surface area contributed by atoms with Crippen LogP contribution in [0, 0.1) is 20.3 Å². The van der Waals surface area contributed by atoms with Crippen molar-refractivity contribution < 1.29 is 0 Å². The monoisotopic (exact) mass is 95.1 g/mol.